The summed E-state index contributed by atoms with van der Waals surface area (Å²) in [4.78, 5) is 8.55. The van der Waals surface area contributed by atoms with Crippen LogP contribution < -0.4 is 5.32 Å². The van der Waals surface area contributed by atoms with E-state index >= 15 is 0 Å². The number of pyridine rings is 1. The highest BCUT2D eigenvalue weighted by molar-refractivity contribution is 5.80. The molecule has 0 aliphatic heterocycles. The van der Waals surface area contributed by atoms with Gasteiger partial charge >= 0.3 is 0 Å². The Morgan fingerprint density at radius 3 is 3.06 bits per heavy atom. The molecule has 0 saturated carbocycles. The van der Waals surface area contributed by atoms with Crippen LogP contribution in [0.1, 0.15) is 11.4 Å². The Balaban J connectivity index is 1.80. The minimum atomic E-state index is 0.685. The third-order valence-electron chi connectivity index (χ3n) is 2.83. The number of fused-ring (bicyclic) bond motifs is 1. The molecule has 6 heteroatoms. The maximum atomic E-state index is 4.29. The number of aromatic amines is 1. The van der Waals surface area contributed by atoms with Gasteiger partial charge in [-0.2, -0.15) is 5.10 Å². The quantitative estimate of drug-likeness (QED) is 0.732. The van der Waals surface area contributed by atoms with Gasteiger partial charge in [-0.3, -0.25) is 5.10 Å². The minimum absolute atomic E-state index is 0.685. The van der Waals surface area contributed by atoms with Crippen molar-refractivity contribution in [2.45, 2.75) is 13.5 Å². The molecule has 92 valence electrons. The summed E-state index contributed by atoms with van der Waals surface area (Å²) in [5, 5.41) is 11.4. The van der Waals surface area contributed by atoms with E-state index in [1.807, 2.05) is 30.8 Å². The maximum absolute atomic E-state index is 4.29. The summed E-state index contributed by atoms with van der Waals surface area (Å²) >= 11 is 0. The average Bonchev–Trinajstić information content (AvgIpc) is 2.94. The number of rotatable bonds is 3. The van der Waals surface area contributed by atoms with Crippen molar-refractivity contribution in [1.29, 1.82) is 0 Å². The Morgan fingerprint density at radius 1 is 1.39 bits per heavy atom. The van der Waals surface area contributed by atoms with Crippen molar-refractivity contribution in [3.05, 3.63) is 36.2 Å². The zero-order valence-electron chi connectivity index (χ0n) is 10.3. The molecule has 3 heterocycles. The highest BCUT2D eigenvalue weighted by Crippen LogP contribution is 2.17. The lowest BCUT2D eigenvalue weighted by atomic mass is 10.2. The van der Waals surface area contributed by atoms with Crippen LogP contribution in [0.3, 0.4) is 0 Å². The maximum Gasteiger partial charge on any atom is 0.181 e. The highest BCUT2D eigenvalue weighted by Gasteiger charge is 2.04. The summed E-state index contributed by atoms with van der Waals surface area (Å²) in [6.45, 7) is 2.67. The number of anilines is 1. The Labute approximate surface area is 104 Å². The number of H-pyrrole nitrogens is 1. The first kappa shape index (κ1) is 10.8. The van der Waals surface area contributed by atoms with Crippen molar-refractivity contribution in [3.8, 4) is 0 Å². The smallest absolute Gasteiger partial charge is 0.181 e. The first-order valence-corrected chi connectivity index (χ1v) is 5.74. The second-order valence-corrected chi connectivity index (χ2v) is 4.33. The number of imidazole rings is 1. The van der Waals surface area contributed by atoms with Gasteiger partial charge in [0.25, 0.3) is 0 Å². The lowest BCUT2D eigenvalue weighted by Crippen LogP contribution is -2.00. The molecule has 18 heavy (non-hydrogen) atoms. The summed E-state index contributed by atoms with van der Waals surface area (Å²) in [7, 11) is 1.96. The van der Waals surface area contributed by atoms with Crippen molar-refractivity contribution < 1.29 is 0 Å². The van der Waals surface area contributed by atoms with Crippen LogP contribution in [0.5, 0.6) is 0 Å². The van der Waals surface area contributed by atoms with Crippen LogP contribution in [0, 0.1) is 6.92 Å². The third kappa shape index (κ3) is 1.92. The van der Waals surface area contributed by atoms with Crippen LogP contribution in [-0.4, -0.2) is 24.7 Å². The molecule has 0 aliphatic rings. The summed E-state index contributed by atoms with van der Waals surface area (Å²) in [5.74, 6) is 0. The number of hydrogen-bond acceptors (Lipinski definition) is 4. The van der Waals surface area contributed by atoms with E-state index in [2.05, 4.69) is 25.5 Å². The SMILES string of the molecule is Cc1[nH]nc2ncc(NCc3cn(C)cn3)cc12. The average molecular weight is 242 g/mol. The molecule has 0 amide bonds. The van der Waals surface area contributed by atoms with Gasteiger partial charge in [-0.05, 0) is 13.0 Å². The van der Waals surface area contributed by atoms with E-state index in [0.717, 1.165) is 28.1 Å². The Morgan fingerprint density at radius 2 is 2.28 bits per heavy atom. The second kappa shape index (κ2) is 4.14. The molecule has 0 bridgehead atoms. The van der Waals surface area contributed by atoms with Crippen LogP contribution in [-0.2, 0) is 13.6 Å². The van der Waals surface area contributed by atoms with E-state index in [-0.39, 0.29) is 0 Å². The third-order valence-corrected chi connectivity index (χ3v) is 2.83. The molecule has 2 N–H and O–H groups in total. The number of hydrogen-bond donors (Lipinski definition) is 2. The monoisotopic (exact) mass is 242 g/mol. The van der Waals surface area contributed by atoms with Crippen molar-refractivity contribution in [1.82, 2.24) is 24.7 Å². The first-order chi connectivity index (χ1) is 8.72. The van der Waals surface area contributed by atoms with Gasteiger partial charge in [-0.25, -0.2) is 9.97 Å². The molecule has 0 radical (unpaired) electrons. The largest absolute Gasteiger partial charge is 0.378 e. The van der Waals surface area contributed by atoms with E-state index < -0.39 is 0 Å². The number of nitrogens with zero attached hydrogens (tertiary/aromatic N) is 4. The summed E-state index contributed by atoms with van der Waals surface area (Å²) < 4.78 is 1.93. The van der Waals surface area contributed by atoms with Gasteiger partial charge in [-0.15, -0.1) is 0 Å². The molecule has 3 aromatic heterocycles. The number of aromatic nitrogens is 5. The van der Waals surface area contributed by atoms with Gasteiger partial charge in [0.15, 0.2) is 5.65 Å². The molecule has 0 fully saturated rings. The van der Waals surface area contributed by atoms with E-state index in [0.29, 0.717) is 6.54 Å². The molecule has 3 rings (SSSR count). The topological polar surface area (TPSA) is 71.4 Å². The molecular weight excluding hydrogens is 228 g/mol. The molecule has 0 unspecified atom stereocenters. The molecule has 0 spiro atoms. The fourth-order valence-corrected chi connectivity index (χ4v) is 1.87. The van der Waals surface area contributed by atoms with E-state index in [1.54, 1.807) is 12.5 Å². The van der Waals surface area contributed by atoms with Crippen molar-refractivity contribution in [2.75, 3.05) is 5.32 Å². The van der Waals surface area contributed by atoms with E-state index in [1.165, 1.54) is 0 Å². The molecule has 0 aromatic carbocycles. The molecular formula is C12H14N6. The Bertz CT molecular complexity index is 681. The summed E-state index contributed by atoms with van der Waals surface area (Å²) in [6.07, 6.45) is 5.56. The Kier molecular flexibility index (Phi) is 2.47. The fourth-order valence-electron chi connectivity index (χ4n) is 1.87. The number of aryl methyl sites for hydroxylation is 2. The zero-order valence-corrected chi connectivity index (χ0v) is 10.3. The molecule has 6 nitrogen and oxygen atoms in total. The first-order valence-electron chi connectivity index (χ1n) is 5.74. The fraction of sp³-hybridized carbons (Fsp3) is 0.250. The van der Waals surface area contributed by atoms with Crippen LogP contribution >= 0.6 is 0 Å². The zero-order chi connectivity index (χ0) is 12.5. The van der Waals surface area contributed by atoms with Crippen LogP contribution in [0.15, 0.2) is 24.8 Å². The summed E-state index contributed by atoms with van der Waals surface area (Å²) in [5.41, 5.74) is 3.74. The number of nitrogens with one attached hydrogen (secondary N) is 2. The van der Waals surface area contributed by atoms with E-state index in [4.69, 9.17) is 0 Å². The van der Waals surface area contributed by atoms with Crippen molar-refractivity contribution in [2.24, 2.45) is 7.05 Å². The van der Waals surface area contributed by atoms with Gasteiger partial charge in [0.1, 0.15) is 0 Å². The van der Waals surface area contributed by atoms with E-state index in [9.17, 15) is 0 Å². The minimum Gasteiger partial charge on any atom is -0.378 e. The lowest BCUT2D eigenvalue weighted by molar-refractivity contribution is 0.912. The van der Waals surface area contributed by atoms with Gasteiger partial charge in [0.05, 0.1) is 30.5 Å². The molecule has 0 saturated heterocycles. The van der Waals surface area contributed by atoms with Crippen LogP contribution in [0.4, 0.5) is 5.69 Å². The van der Waals surface area contributed by atoms with Crippen LogP contribution in [0.2, 0.25) is 0 Å². The van der Waals surface area contributed by atoms with Crippen molar-refractivity contribution >= 4 is 16.7 Å². The predicted octanol–water partition coefficient (Wildman–Crippen LogP) is 1.61. The van der Waals surface area contributed by atoms with Gasteiger partial charge in [0.2, 0.25) is 0 Å². The second-order valence-electron chi connectivity index (χ2n) is 4.33. The van der Waals surface area contributed by atoms with Crippen LogP contribution in [0.25, 0.3) is 11.0 Å². The standard InChI is InChI=1S/C12H14N6/c1-8-11-3-9(4-14-12(11)17-16-8)13-5-10-6-18(2)7-15-10/h3-4,6-7,13H,5H2,1-2H3,(H,14,16,17). The van der Waals surface area contributed by atoms with Gasteiger partial charge in [-0.1, -0.05) is 0 Å². The summed E-state index contributed by atoms with van der Waals surface area (Å²) in [6, 6.07) is 2.05. The van der Waals surface area contributed by atoms with Gasteiger partial charge in [0, 0.05) is 24.3 Å². The molecule has 0 aliphatic carbocycles. The predicted molar refractivity (Wildman–Crippen MR) is 69.2 cm³/mol. The Hall–Kier alpha value is -2.37. The van der Waals surface area contributed by atoms with Gasteiger partial charge < -0.3 is 9.88 Å². The molecule has 0 atom stereocenters. The van der Waals surface area contributed by atoms with Crippen molar-refractivity contribution in [3.63, 3.8) is 0 Å². The molecule has 3 aromatic rings. The lowest BCUT2D eigenvalue weighted by Gasteiger charge is -2.03. The highest BCUT2D eigenvalue weighted by atomic mass is 15.1. The normalized spacial score (nSPS) is 11.0.